The average Bonchev–Trinajstić information content (AvgIpc) is 1.72. The molecule has 43 nitrogen and oxygen atoms in total. The molecule has 22 N–H and O–H groups in total. The molecule has 2 aromatic rings. The first kappa shape index (κ1) is 94.9. The highest BCUT2D eigenvalue weighted by Crippen LogP contribution is 2.23. The van der Waals surface area contributed by atoms with E-state index >= 15 is 0 Å². The topological polar surface area (TPSA) is 680 Å². The number of nitrogens with two attached hydrogens (primary N) is 1. The highest BCUT2D eigenvalue weighted by Gasteiger charge is 2.43. The fourth-order valence-electron chi connectivity index (χ4n) is 12.2. The van der Waals surface area contributed by atoms with Gasteiger partial charge in [-0.1, -0.05) is 56.3 Å². The molecule has 632 valence electrons. The van der Waals surface area contributed by atoms with E-state index in [4.69, 9.17) is 10.8 Å². The van der Waals surface area contributed by atoms with E-state index < -0.39 is 280 Å². The van der Waals surface area contributed by atoms with Crippen LogP contribution in [0.2, 0.25) is 0 Å². The molecule has 0 radical (unpaired) electrons. The number of carboxylic acids is 6. The van der Waals surface area contributed by atoms with Gasteiger partial charge in [0.15, 0.2) is 0 Å². The lowest BCUT2D eigenvalue weighted by molar-refractivity contribution is -0.145. The number of benzene rings is 2. The van der Waals surface area contributed by atoms with E-state index in [9.17, 15) is 132 Å². The minimum atomic E-state index is -2.14. The standard InChI is InChI=1S/C72H101N15O28/c1-35(2)29-47(62(104)75-34-52(90)78-43(19-23-54(92)93)63(105)81-46(72(114)115)22-26-57(98)99)84-69(111)59(38(5)88)85-64(106)44(20-24-55(94)95)80-66(108)49(32-58(100)101)82-65(107)48(31-39-11-7-6-8-12-39)83-68(110)51-14-9-27-86(51)70(112)37(4)77-67(109)50-13-10-28-87(50)71(113)45(21-25-56(96)97)79-53(91)33-74-60(102)36(3)76-61(103)42(73)30-40-15-17-41(89)18-16-40/h6-8,11-12,15-18,35-38,42-51,59,88-89H,9-10,13-14,19-34,73H2,1-5H3,(H,74,102)(H,75,104)(H,76,103)(H,77,109)(H,78,90)(H,79,91)(H,80,108)(H,81,105)(H,82,107)(H,83,110)(H,84,111)(H,85,106)(H,92,93)(H,94,95)(H,96,97)(H,98,99)(H,100,101)(H,114,115)/t36-,37-,38+,42-,43-,44-,45-,46-,47-,48-,49-,50-,51-,59-/m0/s1. The summed E-state index contributed by atoms with van der Waals surface area (Å²) in [7, 11) is 0. The number of rotatable bonds is 48. The number of aliphatic hydroxyl groups is 1. The smallest absolute Gasteiger partial charge is 0.326 e. The lowest BCUT2D eigenvalue weighted by atomic mass is 10.0. The van der Waals surface area contributed by atoms with E-state index in [0.29, 0.717) is 11.1 Å². The number of likely N-dealkylation sites (tertiary alicyclic amines) is 2. The largest absolute Gasteiger partial charge is 0.508 e. The molecule has 2 aliphatic rings. The number of phenolic OH excluding ortho intramolecular Hbond substituents is 1. The molecule has 0 aliphatic carbocycles. The number of nitrogens with zero attached hydrogens (tertiary/aromatic N) is 2. The zero-order valence-electron chi connectivity index (χ0n) is 63.7. The maximum atomic E-state index is 14.5. The molecule has 0 unspecified atom stereocenters. The molecule has 43 heteroatoms. The van der Waals surface area contributed by atoms with Crippen LogP contribution in [0, 0.1) is 5.92 Å². The van der Waals surface area contributed by atoms with Gasteiger partial charge in [0.2, 0.25) is 82.7 Å². The fourth-order valence-corrected chi connectivity index (χ4v) is 12.2. The number of carboxylic acid groups (broad SMARTS) is 6. The molecule has 2 heterocycles. The number of hydrogen-bond acceptors (Lipinski definition) is 23. The number of hydrogen-bond donors (Lipinski definition) is 21. The third-order valence-electron chi connectivity index (χ3n) is 18.2. The predicted octanol–water partition coefficient (Wildman–Crippen LogP) is -5.95. The van der Waals surface area contributed by atoms with Gasteiger partial charge in [-0.15, -0.1) is 0 Å². The Bertz CT molecular complexity index is 3860. The van der Waals surface area contributed by atoms with Crippen LogP contribution in [0.1, 0.15) is 136 Å². The number of aliphatic hydroxyl groups excluding tert-OH is 1. The van der Waals surface area contributed by atoms with E-state index in [2.05, 4.69) is 58.5 Å². The number of carbonyl (C=O) groups excluding carboxylic acids is 14. The van der Waals surface area contributed by atoms with Gasteiger partial charge in [0.05, 0.1) is 31.7 Å². The monoisotopic (exact) mass is 1620 g/mol. The summed E-state index contributed by atoms with van der Waals surface area (Å²) in [5.74, 6) is -24.2. The summed E-state index contributed by atoms with van der Waals surface area (Å²) in [4.78, 5) is 265. The highest BCUT2D eigenvalue weighted by atomic mass is 16.4. The minimum Gasteiger partial charge on any atom is -0.508 e. The third-order valence-corrected chi connectivity index (χ3v) is 18.2. The van der Waals surface area contributed by atoms with E-state index in [-0.39, 0.29) is 63.8 Å². The third kappa shape index (κ3) is 32.7. The van der Waals surface area contributed by atoms with Crippen molar-refractivity contribution in [2.75, 3.05) is 26.2 Å². The molecule has 2 aliphatic heterocycles. The van der Waals surface area contributed by atoms with Crippen LogP contribution in [0.15, 0.2) is 54.6 Å². The van der Waals surface area contributed by atoms with Crippen LogP contribution in [0.4, 0.5) is 0 Å². The average molecular weight is 1620 g/mol. The Kier molecular flexibility index (Phi) is 38.4. The second kappa shape index (κ2) is 46.5. The Hall–Kier alpha value is -12.4. The summed E-state index contributed by atoms with van der Waals surface area (Å²) in [5, 5.41) is 105. The van der Waals surface area contributed by atoms with E-state index in [1.807, 2.05) is 5.32 Å². The second-order valence-corrected chi connectivity index (χ2v) is 28.0. The van der Waals surface area contributed by atoms with Gasteiger partial charge >= 0.3 is 35.8 Å². The normalized spacial score (nSPS) is 16.8. The number of phenols is 1. The molecule has 4 rings (SSSR count). The first-order valence-electron chi connectivity index (χ1n) is 36.8. The van der Waals surface area contributed by atoms with Crippen LogP contribution in [-0.4, -0.2) is 280 Å². The molecular weight excluding hydrogens is 1520 g/mol. The van der Waals surface area contributed by atoms with Crippen molar-refractivity contribution in [1.82, 2.24) is 73.6 Å². The number of aromatic hydroxyl groups is 1. The predicted molar refractivity (Wildman–Crippen MR) is 395 cm³/mol. The molecule has 115 heavy (non-hydrogen) atoms. The lowest BCUT2D eigenvalue weighted by Gasteiger charge is -2.31. The fraction of sp³-hybridized carbons (Fsp3) is 0.556. The Balaban J connectivity index is 1.46. The summed E-state index contributed by atoms with van der Waals surface area (Å²) in [6.07, 6.45) is -8.49. The number of aliphatic carboxylic acids is 6. The molecule has 0 bridgehead atoms. The maximum Gasteiger partial charge on any atom is 0.326 e. The number of amides is 14. The van der Waals surface area contributed by atoms with Crippen molar-refractivity contribution in [3.8, 4) is 5.75 Å². The Morgan fingerprint density at radius 1 is 0.417 bits per heavy atom. The summed E-state index contributed by atoms with van der Waals surface area (Å²) in [5.41, 5.74) is 7.03. The molecular formula is C72H101N15O28. The van der Waals surface area contributed by atoms with Crippen LogP contribution in [0.5, 0.6) is 5.75 Å². The molecule has 14 amide bonds. The minimum absolute atomic E-state index is 0.00250. The van der Waals surface area contributed by atoms with Crippen molar-refractivity contribution in [3.05, 3.63) is 65.7 Å². The van der Waals surface area contributed by atoms with Crippen LogP contribution < -0.4 is 69.5 Å². The van der Waals surface area contributed by atoms with Crippen LogP contribution in [0.25, 0.3) is 0 Å². The molecule has 2 aromatic carbocycles. The van der Waals surface area contributed by atoms with Crippen molar-refractivity contribution < 1.29 is 137 Å². The van der Waals surface area contributed by atoms with Crippen LogP contribution in [-0.2, 0) is 109 Å². The quantitative estimate of drug-likeness (QED) is 0.0293. The van der Waals surface area contributed by atoms with Crippen molar-refractivity contribution in [3.63, 3.8) is 0 Å². The molecule has 2 fully saturated rings. The molecule has 0 saturated carbocycles. The van der Waals surface area contributed by atoms with Gasteiger partial charge in [-0.2, -0.15) is 0 Å². The molecule has 14 atom stereocenters. The SMILES string of the molecule is CC(C)C[C@H](NC(=O)[C@@H](NC(=O)[C@H](CCC(=O)O)NC(=O)[C@H](CC(=O)O)NC(=O)[C@H](Cc1ccccc1)NC(=O)[C@@H]1CCCN1C(=O)[C@H](C)NC(=O)[C@@H]1CCCN1C(=O)[C@H](CCC(=O)O)NC(=O)CNC(=O)[C@H](C)NC(=O)[C@@H](N)Cc1ccc(O)cc1)[C@@H](C)O)C(=O)NCC(=O)N[C@@H](CCC(=O)O)C(=O)N[C@@H](CCC(=O)O)C(=O)O. The van der Waals surface area contributed by atoms with Gasteiger partial charge in [0, 0.05) is 45.2 Å². The van der Waals surface area contributed by atoms with Gasteiger partial charge in [-0.25, -0.2) is 4.79 Å². The summed E-state index contributed by atoms with van der Waals surface area (Å²) in [6.45, 7) is 4.99. The van der Waals surface area contributed by atoms with Crippen molar-refractivity contribution in [2.24, 2.45) is 11.7 Å². The van der Waals surface area contributed by atoms with Gasteiger partial charge in [0.1, 0.15) is 78.3 Å². The summed E-state index contributed by atoms with van der Waals surface area (Å²) in [6, 6.07) is -7.04. The molecule has 0 spiro atoms. The maximum absolute atomic E-state index is 14.5. The summed E-state index contributed by atoms with van der Waals surface area (Å²) >= 11 is 0. The van der Waals surface area contributed by atoms with E-state index in [1.165, 1.54) is 26.0 Å². The van der Waals surface area contributed by atoms with Crippen LogP contribution >= 0.6 is 0 Å². The number of carbonyl (C=O) groups is 20. The first-order valence-corrected chi connectivity index (χ1v) is 36.8. The Morgan fingerprint density at radius 3 is 1.37 bits per heavy atom. The zero-order chi connectivity index (χ0) is 86.1. The number of nitrogens with one attached hydrogen (secondary N) is 12. The van der Waals surface area contributed by atoms with Crippen molar-refractivity contribution in [1.29, 1.82) is 0 Å². The van der Waals surface area contributed by atoms with Crippen LogP contribution in [0.3, 0.4) is 0 Å². The van der Waals surface area contributed by atoms with Gasteiger partial charge in [-0.3, -0.25) is 91.1 Å². The van der Waals surface area contributed by atoms with Gasteiger partial charge in [-0.05, 0) is 114 Å². The van der Waals surface area contributed by atoms with Gasteiger partial charge < -0.3 is 120 Å². The molecule has 2 saturated heterocycles. The lowest BCUT2D eigenvalue weighted by Crippen LogP contribution is -2.62. The summed E-state index contributed by atoms with van der Waals surface area (Å²) < 4.78 is 0. The van der Waals surface area contributed by atoms with Gasteiger partial charge in [0.25, 0.3) is 0 Å². The Labute approximate surface area is 657 Å². The highest BCUT2D eigenvalue weighted by molar-refractivity contribution is 6.01. The zero-order valence-corrected chi connectivity index (χ0v) is 63.7. The van der Waals surface area contributed by atoms with E-state index in [1.54, 1.807) is 56.3 Å². The van der Waals surface area contributed by atoms with Crippen molar-refractivity contribution >= 4 is 119 Å². The second-order valence-electron chi connectivity index (χ2n) is 28.0. The van der Waals surface area contributed by atoms with Crippen molar-refractivity contribution in [2.45, 2.75) is 222 Å². The molecule has 0 aromatic heterocycles. The van der Waals surface area contributed by atoms with E-state index in [0.717, 1.165) is 16.7 Å². The first-order chi connectivity index (χ1) is 54.0. The Morgan fingerprint density at radius 2 is 0.852 bits per heavy atom.